The summed E-state index contributed by atoms with van der Waals surface area (Å²) in [6, 6.07) is 3.32. The lowest BCUT2D eigenvalue weighted by Crippen LogP contribution is -2.43. The monoisotopic (exact) mass is 268 g/mol. The van der Waals surface area contributed by atoms with E-state index < -0.39 is 29.5 Å². The third-order valence-electron chi connectivity index (χ3n) is 2.10. The molecule has 1 amide bonds. The van der Waals surface area contributed by atoms with Crippen LogP contribution >= 0.6 is 0 Å². The number of amides is 1. The Balaban J connectivity index is 2.82. The minimum atomic E-state index is -1.50. The minimum Gasteiger partial charge on any atom is -0.548 e. The number of carbonyl (C=O) groups excluding carboxylic acids is 2. The topological polar surface area (TPSA) is 78.5 Å². The van der Waals surface area contributed by atoms with Crippen LogP contribution in [0.15, 0.2) is 24.3 Å². The molecule has 1 N–H and O–H groups in total. The Labute approximate surface area is 110 Å². The summed E-state index contributed by atoms with van der Waals surface area (Å²) in [6.45, 7) is 4.95. The normalized spacial score (nSPS) is 12.6. The average molecular weight is 268 g/mol. The van der Waals surface area contributed by atoms with E-state index in [1.54, 1.807) is 20.8 Å². The van der Waals surface area contributed by atoms with Crippen LogP contribution in [0.25, 0.3) is 0 Å². The van der Waals surface area contributed by atoms with E-state index in [9.17, 15) is 19.1 Å². The van der Waals surface area contributed by atoms with Gasteiger partial charge in [-0.3, -0.25) is 0 Å². The molecule has 1 aromatic rings. The van der Waals surface area contributed by atoms with E-state index in [4.69, 9.17) is 4.74 Å². The molecule has 1 atom stereocenters. The van der Waals surface area contributed by atoms with Crippen molar-refractivity contribution in [2.75, 3.05) is 0 Å². The van der Waals surface area contributed by atoms with Gasteiger partial charge < -0.3 is 20.0 Å². The lowest BCUT2D eigenvalue weighted by molar-refractivity contribution is -0.308. The maximum absolute atomic E-state index is 12.8. The van der Waals surface area contributed by atoms with Crippen molar-refractivity contribution in [3.05, 3.63) is 35.6 Å². The molecule has 0 aliphatic rings. The first-order valence-electron chi connectivity index (χ1n) is 5.65. The zero-order chi connectivity index (χ0) is 14.6. The number of aliphatic carboxylic acids is 1. The van der Waals surface area contributed by atoms with Gasteiger partial charge in [0.1, 0.15) is 11.4 Å². The summed E-state index contributed by atoms with van der Waals surface area (Å²) in [5.41, 5.74) is -0.545. The first-order valence-corrected chi connectivity index (χ1v) is 5.65. The number of halogens is 1. The fourth-order valence-electron chi connectivity index (χ4n) is 1.36. The second-order valence-corrected chi connectivity index (χ2v) is 4.95. The molecule has 1 rings (SSSR count). The molecule has 104 valence electrons. The first-order chi connectivity index (χ1) is 8.69. The van der Waals surface area contributed by atoms with Crippen LogP contribution in [-0.2, 0) is 9.53 Å². The zero-order valence-electron chi connectivity index (χ0n) is 10.9. The van der Waals surface area contributed by atoms with Crippen LogP contribution in [0.3, 0.4) is 0 Å². The van der Waals surface area contributed by atoms with Gasteiger partial charge in [0.2, 0.25) is 0 Å². The molecule has 6 heteroatoms. The van der Waals surface area contributed by atoms with E-state index in [2.05, 4.69) is 5.32 Å². The summed E-state index contributed by atoms with van der Waals surface area (Å²) in [7, 11) is 0. The zero-order valence-corrected chi connectivity index (χ0v) is 10.9. The van der Waals surface area contributed by atoms with Crippen molar-refractivity contribution in [3.63, 3.8) is 0 Å². The Bertz CT molecular complexity index is 465. The number of carbonyl (C=O) groups is 2. The van der Waals surface area contributed by atoms with Crippen LogP contribution in [0.2, 0.25) is 0 Å². The van der Waals surface area contributed by atoms with Crippen LogP contribution in [-0.4, -0.2) is 17.7 Å². The molecule has 0 bridgehead atoms. The molecular formula is C13H15FNO4-. The molecular weight excluding hydrogens is 253 g/mol. The van der Waals surface area contributed by atoms with Crippen molar-refractivity contribution >= 4 is 12.1 Å². The number of benzene rings is 1. The number of hydrogen-bond donors (Lipinski definition) is 1. The third kappa shape index (κ3) is 4.95. The van der Waals surface area contributed by atoms with Gasteiger partial charge in [-0.05, 0) is 38.5 Å². The highest BCUT2D eigenvalue weighted by Crippen LogP contribution is 2.15. The molecule has 5 nitrogen and oxygen atoms in total. The predicted molar refractivity (Wildman–Crippen MR) is 63.5 cm³/mol. The Morgan fingerprint density at radius 1 is 1.26 bits per heavy atom. The van der Waals surface area contributed by atoms with E-state index >= 15 is 0 Å². The molecule has 0 aromatic heterocycles. The van der Waals surface area contributed by atoms with Crippen LogP contribution in [0.5, 0.6) is 0 Å². The minimum absolute atomic E-state index is 0.201. The van der Waals surface area contributed by atoms with E-state index in [0.717, 1.165) is 12.1 Å². The van der Waals surface area contributed by atoms with Crippen molar-refractivity contribution in [3.8, 4) is 0 Å². The number of ether oxygens (including phenoxy) is 1. The summed E-state index contributed by atoms with van der Waals surface area (Å²) >= 11 is 0. The van der Waals surface area contributed by atoms with Crippen LogP contribution in [0.4, 0.5) is 9.18 Å². The molecule has 0 fully saturated rings. The second-order valence-electron chi connectivity index (χ2n) is 4.95. The molecule has 1 unspecified atom stereocenters. The molecule has 0 aliphatic carbocycles. The van der Waals surface area contributed by atoms with E-state index in [0.29, 0.717) is 0 Å². The number of hydrogen-bond acceptors (Lipinski definition) is 4. The number of nitrogens with one attached hydrogen (secondary N) is 1. The Morgan fingerprint density at radius 2 is 1.79 bits per heavy atom. The summed E-state index contributed by atoms with van der Waals surface area (Å²) in [5, 5.41) is 13.2. The molecule has 0 saturated heterocycles. The third-order valence-corrected chi connectivity index (χ3v) is 2.10. The Kier molecular flexibility index (Phi) is 4.47. The molecule has 0 saturated carbocycles. The largest absolute Gasteiger partial charge is 0.548 e. The highest BCUT2D eigenvalue weighted by Gasteiger charge is 2.21. The van der Waals surface area contributed by atoms with Crippen molar-refractivity contribution in [1.29, 1.82) is 0 Å². The molecule has 0 spiro atoms. The van der Waals surface area contributed by atoms with Crippen LogP contribution in [0.1, 0.15) is 32.4 Å². The standard InChI is InChI=1S/C13H16FNO4/c1-13(2,3)19-12(18)15-10(11(16)17)8-4-6-9(14)7-5-8/h4-7,10H,1-3H3,(H,15,18)(H,16,17)/p-1. The smallest absolute Gasteiger partial charge is 0.408 e. The lowest BCUT2D eigenvalue weighted by Gasteiger charge is -2.24. The van der Waals surface area contributed by atoms with Gasteiger partial charge in [0.15, 0.2) is 0 Å². The highest BCUT2D eigenvalue weighted by atomic mass is 19.1. The van der Waals surface area contributed by atoms with Crippen molar-refractivity contribution in [2.24, 2.45) is 0 Å². The highest BCUT2D eigenvalue weighted by molar-refractivity contribution is 5.80. The van der Waals surface area contributed by atoms with E-state index in [1.807, 2.05) is 0 Å². The maximum Gasteiger partial charge on any atom is 0.408 e. The van der Waals surface area contributed by atoms with Gasteiger partial charge in [-0.2, -0.15) is 0 Å². The predicted octanol–water partition coefficient (Wildman–Crippen LogP) is 1.14. The lowest BCUT2D eigenvalue weighted by atomic mass is 10.1. The number of carboxylic acids is 1. The quantitative estimate of drug-likeness (QED) is 0.891. The van der Waals surface area contributed by atoms with Crippen LogP contribution < -0.4 is 10.4 Å². The van der Waals surface area contributed by atoms with Gasteiger partial charge in [-0.1, -0.05) is 12.1 Å². The summed E-state index contributed by atoms with van der Waals surface area (Å²) in [6.07, 6.45) is -0.883. The van der Waals surface area contributed by atoms with Crippen molar-refractivity contribution in [2.45, 2.75) is 32.4 Å². The molecule has 19 heavy (non-hydrogen) atoms. The van der Waals surface area contributed by atoms with E-state index in [1.165, 1.54) is 12.1 Å². The average Bonchev–Trinajstić information content (AvgIpc) is 2.24. The van der Waals surface area contributed by atoms with Gasteiger partial charge >= 0.3 is 6.09 Å². The second kappa shape index (κ2) is 5.69. The van der Waals surface area contributed by atoms with Gasteiger partial charge in [0.05, 0.1) is 12.0 Å². The van der Waals surface area contributed by atoms with Gasteiger partial charge in [0, 0.05) is 0 Å². The van der Waals surface area contributed by atoms with Gasteiger partial charge in [-0.25, -0.2) is 9.18 Å². The Morgan fingerprint density at radius 3 is 2.21 bits per heavy atom. The van der Waals surface area contributed by atoms with E-state index in [-0.39, 0.29) is 5.56 Å². The summed E-state index contributed by atoms with van der Waals surface area (Å²) < 4.78 is 17.7. The molecule has 1 aromatic carbocycles. The summed E-state index contributed by atoms with van der Waals surface area (Å²) in [5.74, 6) is -2.00. The Hall–Kier alpha value is -2.11. The molecule has 0 heterocycles. The number of carboxylic acid groups (broad SMARTS) is 1. The molecule has 0 radical (unpaired) electrons. The molecule has 0 aliphatic heterocycles. The maximum atomic E-state index is 12.8. The van der Waals surface area contributed by atoms with Gasteiger partial charge in [-0.15, -0.1) is 0 Å². The number of alkyl carbamates (subject to hydrolysis) is 1. The SMILES string of the molecule is CC(C)(C)OC(=O)NC(C(=O)[O-])c1ccc(F)cc1. The van der Waals surface area contributed by atoms with Crippen LogP contribution in [0, 0.1) is 5.82 Å². The summed E-state index contributed by atoms with van der Waals surface area (Å²) in [4.78, 5) is 22.5. The van der Waals surface area contributed by atoms with Crippen molar-refractivity contribution in [1.82, 2.24) is 5.32 Å². The first kappa shape index (κ1) is 14.9. The van der Waals surface area contributed by atoms with Crippen molar-refractivity contribution < 1.29 is 23.8 Å². The number of rotatable bonds is 3. The fraction of sp³-hybridized carbons (Fsp3) is 0.385. The fourth-order valence-corrected chi connectivity index (χ4v) is 1.36. The van der Waals surface area contributed by atoms with Gasteiger partial charge in [0.25, 0.3) is 0 Å².